The number of thiophene rings is 1. The van der Waals surface area contributed by atoms with Gasteiger partial charge in [0, 0.05) is 10.4 Å². The molecule has 1 aromatic heterocycles. The third kappa shape index (κ3) is 2.87. The molecule has 0 spiro atoms. The number of carbonyl (C=O) groups excluding carboxylic acids is 3. The number of hydrogen-bond donors (Lipinski definition) is 1. The van der Waals surface area contributed by atoms with Gasteiger partial charge in [0.25, 0.3) is 5.91 Å². The van der Waals surface area contributed by atoms with Crippen LogP contribution in [0.2, 0.25) is 0 Å². The van der Waals surface area contributed by atoms with Crippen molar-refractivity contribution in [3.8, 4) is 0 Å². The lowest BCUT2D eigenvalue weighted by atomic mass is 10.0. The first-order chi connectivity index (χ1) is 11.3. The van der Waals surface area contributed by atoms with Crippen LogP contribution >= 0.6 is 27.3 Å². The maximum Gasteiger partial charge on any atom is 0.325 e. The van der Waals surface area contributed by atoms with Crippen molar-refractivity contribution in [3.05, 3.63) is 56.4 Å². The molecule has 8 heteroatoms. The van der Waals surface area contributed by atoms with Crippen LogP contribution < -0.4 is 5.32 Å². The smallest absolute Gasteiger partial charge is 0.319 e. The predicted molar refractivity (Wildman–Crippen MR) is 90.3 cm³/mol. The summed E-state index contributed by atoms with van der Waals surface area (Å²) in [6, 6.07) is 7.88. The highest BCUT2D eigenvalue weighted by atomic mass is 79.9. The van der Waals surface area contributed by atoms with Gasteiger partial charge in [-0.1, -0.05) is 0 Å². The van der Waals surface area contributed by atoms with Gasteiger partial charge < -0.3 is 5.32 Å². The number of imide groups is 1. The Kier molecular flexibility index (Phi) is 4.27. The average Bonchev–Trinajstić information content (AvgIpc) is 3.06. The van der Waals surface area contributed by atoms with Crippen molar-refractivity contribution < 1.29 is 18.8 Å². The summed E-state index contributed by atoms with van der Waals surface area (Å²) in [6.07, 6.45) is 0. The van der Waals surface area contributed by atoms with Gasteiger partial charge in [-0.25, -0.2) is 9.18 Å². The van der Waals surface area contributed by atoms with E-state index in [2.05, 4.69) is 21.2 Å². The highest BCUT2D eigenvalue weighted by Gasteiger charge is 2.50. The van der Waals surface area contributed by atoms with Crippen LogP contribution in [0.15, 0.2) is 40.2 Å². The zero-order valence-corrected chi connectivity index (χ0v) is 14.9. The number of amides is 3. The standard InChI is InChI=1S/C16H12BrFN2O3S/c1-16(12-6-7-13(17)24-12)14(22)20(15(23)19-16)8-11(21)9-2-4-10(18)5-3-9/h2-7H,8H2,1H3,(H,19,23). The lowest BCUT2D eigenvalue weighted by Gasteiger charge is -2.19. The maximum absolute atomic E-state index is 12.9. The largest absolute Gasteiger partial charge is 0.325 e. The van der Waals surface area contributed by atoms with Crippen LogP contribution in [0.3, 0.4) is 0 Å². The highest BCUT2D eigenvalue weighted by molar-refractivity contribution is 9.11. The number of nitrogens with zero attached hydrogens (tertiary/aromatic N) is 1. The van der Waals surface area contributed by atoms with Crippen LogP contribution in [0.4, 0.5) is 9.18 Å². The topological polar surface area (TPSA) is 66.5 Å². The summed E-state index contributed by atoms with van der Waals surface area (Å²) in [5.41, 5.74) is -0.957. The molecule has 5 nitrogen and oxygen atoms in total. The third-order valence-corrected chi connectivity index (χ3v) is 5.65. The Morgan fingerprint density at radius 3 is 2.50 bits per heavy atom. The number of rotatable bonds is 4. The first-order valence-corrected chi connectivity index (χ1v) is 8.61. The molecule has 1 unspecified atom stereocenters. The predicted octanol–water partition coefficient (Wildman–Crippen LogP) is 3.30. The number of nitrogens with one attached hydrogen (secondary N) is 1. The van der Waals surface area contributed by atoms with Crippen molar-refractivity contribution in [1.29, 1.82) is 0 Å². The van der Waals surface area contributed by atoms with E-state index in [4.69, 9.17) is 0 Å². The van der Waals surface area contributed by atoms with Crippen LogP contribution in [0.1, 0.15) is 22.2 Å². The minimum Gasteiger partial charge on any atom is -0.319 e. The number of hydrogen-bond acceptors (Lipinski definition) is 4. The molecule has 24 heavy (non-hydrogen) atoms. The van der Waals surface area contributed by atoms with Crippen molar-refractivity contribution in [2.75, 3.05) is 6.54 Å². The summed E-state index contributed by atoms with van der Waals surface area (Å²) >= 11 is 4.66. The molecule has 1 fully saturated rings. The second kappa shape index (κ2) is 6.10. The SMILES string of the molecule is CC1(c2ccc(Br)s2)NC(=O)N(CC(=O)c2ccc(F)cc2)C1=O. The lowest BCUT2D eigenvalue weighted by Crippen LogP contribution is -2.40. The lowest BCUT2D eigenvalue weighted by molar-refractivity contribution is -0.130. The van der Waals surface area contributed by atoms with Gasteiger partial charge in [-0.15, -0.1) is 11.3 Å². The maximum atomic E-state index is 12.9. The number of benzene rings is 1. The molecule has 0 aliphatic carbocycles. The van der Waals surface area contributed by atoms with E-state index >= 15 is 0 Å². The normalized spacial score (nSPS) is 20.4. The number of halogens is 2. The summed E-state index contributed by atoms with van der Waals surface area (Å²) in [5, 5.41) is 2.64. The molecule has 0 saturated carbocycles. The van der Waals surface area contributed by atoms with Crippen LogP contribution in [-0.4, -0.2) is 29.2 Å². The van der Waals surface area contributed by atoms with Gasteiger partial charge in [-0.05, 0) is 59.3 Å². The molecule has 1 aliphatic rings. The van der Waals surface area contributed by atoms with Crippen molar-refractivity contribution in [1.82, 2.24) is 10.2 Å². The molecule has 1 saturated heterocycles. The molecule has 1 aliphatic heterocycles. The summed E-state index contributed by atoms with van der Waals surface area (Å²) < 4.78 is 13.8. The molecule has 1 atom stereocenters. The zero-order chi connectivity index (χ0) is 17.5. The van der Waals surface area contributed by atoms with Crippen LogP contribution in [0.25, 0.3) is 0 Å². The van der Waals surface area contributed by atoms with Crippen molar-refractivity contribution in [3.63, 3.8) is 0 Å². The average molecular weight is 411 g/mol. The Morgan fingerprint density at radius 1 is 1.25 bits per heavy atom. The fourth-order valence-corrected chi connectivity index (χ4v) is 3.94. The van der Waals surface area contributed by atoms with Gasteiger partial charge in [0.2, 0.25) is 0 Å². The van der Waals surface area contributed by atoms with E-state index in [1.54, 1.807) is 19.1 Å². The quantitative estimate of drug-likeness (QED) is 0.620. The monoisotopic (exact) mass is 410 g/mol. The summed E-state index contributed by atoms with van der Waals surface area (Å²) in [5.74, 6) is -1.38. The van der Waals surface area contributed by atoms with Gasteiger partial charge in [-0.2, -0.15) is 0 Å². The number of Topliss-reactive ketones (excluding diaryl/α,β-unsaturated/α-hetero) is 1. The molecular weight excluding hydrogens is 399 g/mol. The molecule has 1 N–H and O–H groups in total. The van der Waals surface area contributed by atoms with Gasteiger partial charge in [0.15, 0.2) is 11.3 Å². The van der Waals surface area contributed by atoms with Crippen LogP contribution in [0, 0.1) is 5.82 Å². The molecule has 0 bridgehead atoms. The van der Waals surface area contributed by atoms with E-state index < -0.39 is 35.6 Å². The molecule has 1 aromatic carbocycles. The second-order valence-corrected chi connectivity index (χ2v) is 7.94. The minimum atomic E-state index is -1.20. The van der Waals surface area contributed by atoms with E-state index in [0.717, 1.165) is 20.8 Å². The van der Waals surface area contributed by atoms with E-state index in [1.165, 1.54) is 23.5 Å². The molecule has 3 rings (SSSR count). The van der Waals surface area contributed by atoms with Crippen molar-refractivity contribution in [2.24, 2.45) is 0 Å². The molecule has 0 radical (unpaired) electrons. The molecule has 3 amide bonds. The fraction of sp³-hybridized carbons (Fsp3) is 0.188. The van der Waals surface area contributed by atoms with Gasteiger partial charge in [-0.3, -0.25) is 14.5 Å². The first-order valence-electron chi connectivity index (χ1n) is 7.00. The second-order valence-electron chi connectivity index (χ2n) is 5.48. The molecular formula is C16H12BrFN2O3S. The Bertz CT molecular complexity index is 836. The van der Waals surface area contributed by atoms with Crippen molar-refractivity contribution in [2.45, 2.75) is 12.5 Å². The zero-order valence-electron chi connectivity index (χ0n) is 12.5. The Hall–Kier alpha value is -2.06. The summed E-state index contributed by atoms with van der Waals surface area (Å²) in [7, 11) is 0. The van der Waals surface area contributed by atoms with Crippen LogP contribution in [0.5, 0.6) is 0 Å². The summed E-state index contributed by atoms with van der Waals surface area (Å²) in [4.78, 5) is 38.7. The highest BCUT2D eigenvalue weighted by Crippen LogP contribution is 2.35. The Balaban J connectivity index is 1.82. The van der Waals surface area contributed by atoms with Crippen LogP contribution in [-0.2, 0) is 10.3 Å². The summed E-state index contributed by atoms with van der Waals surface area (Å²) in [6.45, 7) is 1.21. The van der Waals surface area contributed by atoms with E-state index in [-0.39, 0.29) is 5.56 Å². The molecule has 2 heterocycles. The number of urea groups is 1. The van der Waals surface area contributed by atoms with E-state index in [0.29, 0.717) is 4.88 Å². The Morgan fingerprint density at radius 2 is 1.92 bits per heavy atom. The third-order valence-electron chi connectivity index (χ3n) is 3.81. The Labute approximate surface area is 149 Å². The molecule has 2 aromatic rings. The number of ketones is 1. The minimum absolute atomic E-state index is 0.240. The fourth-order valence-electron chi connectivity index (χ4n) is 2.46. The first kappa shape index (κ1) is 16.8. The molecule has 124 valence electrons. The van der Waals surface area contributed by atoms with Crippen molar-refractivity contribution >= 4 is 45.0 Å². The van der Waals surface area contributed by atoms with E-state index in [9.17, 15) is 18.8 Å². The van der Waals surface area contributed by atoms with Gasteiger partial charge >= 0.3 is 6.03 Å². The van der Waals surface area contributed by atoms with E-state index in [1.807, 2.05) is 0 Å². The van der Waals surface area contributed by atoms with Gasteiger partial charge in [0.1, 0.15) is 5.82 Å². The van der Waals surface area contributed by atoms with Gasteiger partial charge in [0.05, 0.1) is 10.3 Å². The number of carbonyl (C=O) groups is 3.